The number of amides is 1. The molecule has 0 atom stereocenters. The smallest absolute Gasteiger partial charge is 0.293 e. The molecule has 0 saturated heterocycles. The van der Waals surface area contributed by atoms with Gasteiger partial charge in [0.1, 0.15) is 5.69 Å². The summed E-state index contributed by atoms with van der Waals surface area (Å²) in [5, 5.41) is 20.6. The molecule has 0 aromatic heterocycles. The van der Waals surface area contributed by atoms with Crippen LogP contribution < -0.4 is 16.0 Å². The molecular formula is C19H22N4O3. The SMILES string of the molecule is CCNCc1ccccc1NC(=O)c1ccc(NC2CC2)c([N+](=O)[O-])c1. The van der Waals surface area contributed by atoms with E-state index in [-0.39, 0.29) is 17.2 Å². The molecule has 3 rings (SSSR count). The van der Waals surface area contributed by atoms with Crippen molar-refractivity contribution in [3.05, 3.63) is 63.7 Å². The number of hydrogen-bond donors (Lipinski definition) is 3. The van der Waals surface area contributed by atoms with Crippen LogP contribution in [0.5, 0.6) is 0 Å². The van der Waals surface area contributed by atoms with Gasteiger partial charge < -0.3 is 16.0 Å². The summed E-state index contributed by atoms with van der Waals surface area (Å²) in [6, 6.07) is 12.3. The first kappa shape index (κ1) is 17.9. The van der Waals surface area contributed by atoms with E-state index in [0.717, 1.165) is 24.9 Å². The molecule has 1 aliphatic rings. The van der Waals surface area contributed by atoms with Crippen molar-refractivity contribution in [3.63, 3.8) is 0 Å². The molecule has 7 heteroatoms. The first-order valence-corrected chi connectivity index (χ1v) is 8.73. The maximum atomic E-state index is 12.6. The molecule has 0 bridgehead atoms. The fraction of sp³-hybridized carbons (Fsp3) is 0.316. The van der Waals surface area contributed by atoms with Gasteiger partial charge in [-0.15, -0.1) is 0 Å². The van der Waals surface area contributed by atoms with Crippen LogP contribution in [0.15, 0.2) is 42.5 Å². The van der Waals surface area contributed by atoms with E-state index >= 15 is 0 Å². The molecule has 3 N–H and O–H groups in total. The van der Waals surface area contributed by atoms with Gasteiger partial charge in [0.25, 0.3) is 11.6 Å². The molecule has 136 valence electrons. The Morgan fingerprint density at radius 2 is 1.96 bits per heavy atom. The number of carbonyl (C=O) groups excluding carboxylic acids is 1. The molecule has 1 amide bonds. The summed E-state index contributed by atoms with van der Waals surface area (Å²) in [5.41, 5.74) is 2.30. The van der Waals surface area contributed by atoms with Crippen LogP contribution in [0.3, 0.4) is 0 Å². The second kappa shape index (κ2) is 7.97. The number of anilines is 2. The molecule has 1 aliphatic carbocycles. The topological polar surface area (TPSA) is 96.3 Å². The van der Waals surface area contributed by atoms with Gasteiger partial charge in [-0.2, -0.15) is 0 Å². The van der Waals surface area contributed by atoms with Crippen LogP contribution in [0.25, 0.3) is 0 Å². The van der Waals surface area contributed by atoms with Crippen molar-refractivity contribution < 1.29 is 9.72 Å². The van der Waals surface area contributed by atoms with E-state index in [1.807, 2.05) is 31.2 Å². The van der Waals surface area contributed by atoms with Crippen molar-refractivity contribution >= 4 is 23.0 Å². The minimum atomic E-state index is -0.458. The van der Waals surface area contributed by atoms with E-state index in [2.05, 4.69) is 16.0 Å². The predicted octanol–water partition coefficient (Wildman–Crippen LogP) is 3.53. The minimum absolute atomic E-state index is 0.0783. The average Bonchev–Trinajstić information content (AvgIpc) is 3.45. The Balaban J connectivity index is 1.79. The third-order valence-electron chi connectivity index (χ3n) is 4.22. The van der Waals surface area contributed by atoms with Crippen molar-refractivity contribution in [2.45, 2.75) is 32.4 Å². The lowest BCUT2D eigenvalue weighted by Gasteiger charge is -2.12. The number of nitrogens with one attached hydrogen (secondary N) is 3. The molecule has 2 aromatic carbocycles. The molecule has 1 saturated carbocycles. The van der Waals surface area contributed by atoms with Crippen molar-refractivity contribution in [2.75, 3.05) is 17.2 Å². The molecule has 0 radical (unpaired) electrons. The van der Waals surface area contributed by atoms with Gasteiger partial charge in [0.05, 0.1) is 4.92 Å². The summed E-state index contributed by atoms with van der Waals surface area (Å²) in [5.74, 6) is -0.366. The lowest BCUT2D eigenvalue weighted by atomic mass is 10.1. The average molecular weight is 354 g/mol. The number of nitro benzene ring substituents is 1. The van der Waals surface area contributed by atoms with E-state index < -0.39 is 4.92 Å². The minimum Gasteiger partial charge on any atom is -0.377 e. The summed E-state index contributed by atoms with van der Waals surface area (Å²) in [6.07, 6.45) is 2.03. The summed E-state index contributed by atoms with van der Waals surface area (Å²) in [4.78, 5) is 23.5. The monoisotopic (exact) mass is 354 g/mol. The van der Waals surface area contributed by atoms with Gasteiger partial charge in [0.15, 0.2) is 0 Å². The van der Waals surface area contributed by atoms with Gasteiger partial charge in [-0.3, -0.25) is 14.9 Å². The van der Waals surface area contributed by atoms with Gasteiger partial charge in [0.2, 0.25) is 0 Å². The Hall–Kier alpha value is -2.93. The Bertz CT molecular complexity index is 818. The first-order chi connectivity index (χ1) is 12.6. The normalized spacial score (nSPS) is 13.3. The number of para-hydroxylation sites is 1. The van der Waals surface area contributed by atoms with E-state index in [1.165, 1.54) is 6.07 Å². The summed E-state index contributed by atoms with van der Waals surface area (Å²) in [7, 11) is 0. The molecule has 1 fully saturated rings. The lowest BCUT2D eigenvalue weighted by molar-refractivity contribution is -0.384. The molecule has 0 heterocycles. The third kappa shape index (κ3) is 4.37. The molecular weight excluding hydrogens is 332 g/mol. The lowest BCUT2D eigenvalue weighted by Crippen LogP contribution is -2.17. The standard InChI is InChI=1S/C19H22N4O3/c1-2-20-12-14-5-3-4-6-16(14)22-19(24)13-7-10-17(21-15-8-9-15)18(11-13)23(25)26/h3-7,10-11,15,20-21H,2,8-9,12H2,1H3,(H,22,24). The second-order valence-corrected chi connectivity index (χ2v) is 6.30. The summed E-state index contributed by atoms with van der Waals surface area (Å²) in [6.45, 7) is 3.47. The molecule has 0 aliphatic heterocycles. The molecule has 0 unspecified atom stereocenters. The molecule has 0 spiro atoms. The predicted molar refractivity (Wildman–Crippen MR) is 102 cm³/mol. The van der Waals surface area contributed by atoms with Gasteiger partial charge in [-0.05, 0) is 43.1 Å². The molecule has 2 aromatic rings. The maximum Gasteiger partial charge on any atom is 0.293 e. The number of nitro groups is 1. The highest BCUT2D eigenvalue weighted by Gasteiger charge is 2.25. The van der Waals surface area contributed by atoms with Crippen LogP contribution in [0.1, 0.15) is 35.7 Å². The Kier molecular flexibility index (Phi) is 5.48. The number of nitrogens with zero attached hydrogens (tertiary/aromatic N) is 1. The number of rotatable bonds is 8. The highest BCUT2D eigenvalue weighted by atomic mass is 16.6. The zero-order chi connectivity index (χ0) is 18.5. The van der Waals surface area contributed by atoms with Crippen molar-refractivity contribution in [1.82, 2.24) is 5.32 Å². The van der Waals surface area contributed by atoms with Crippen molar-refractivity contribution in [2.24, 2.45) is 0 Å². The van der Waals surface area contributed by atoms with Gasteiger partial charge in [-0.1, -0.05) is 25.1 Å². The Morgan fingerprint density at radius 3 is 2.65 bits per heavy atom. The second-order valence-electron chi connectivity index (χ2n) is 6.30. The third-order valence-corrected chi connectivity index (χ3v) is 4.22. The van der Waals surface area contributed by atoms with E-state index in [1.54, 1.807) is 12.1 Å². The van der Waals surface area contributed by atoms with Crippen LogP contribution in [0, 0.1) is 10.1 Å². The Labute approximate surface area is 152 Å². The fourth-order valence-corrected chi connectivity index (χ4v) is 2.64. The zero-order valence-corrected chi connectivity index (χ0v) is 14.6. The van der Waals surface area contributed by atoms with Crippen LogP contribution in [-0.4, -0.2) is 23.4 Å². The van der Waals surface area contributed by atoms with Crippen LogP contribution in [0.4, 0.5) is 17.1 Å². The van der Waals surface area contributed by atoms with Gasteiger partial charge in [0, 0.05) is 29.9 Å². The van der Waals surface area contributed by atoms with Gasteiger partial charge in [-0.25, -0.2) is 0 Å². The quantitative estimate of drug-likeness (QED) is 0.498. The molecule has 7 nitrogen and oxygen atoms in total. The molecule has 26 heavy (non-hydrogen) atoms. The number of carbonyl (C=O) groups is 1. The first-order valence-electron chi connectivity index (χ1n) is 8.73. The van der Waals surface area contributed by atoms with Gasteiger partial charge >= 0.3 is 0 Å². The maximum absolute atomic E-state index is 12.6. The summed E-state index contributed by atoms with van der Waals surface area (Å²) < 4.78 is 0. The fourth-order valence-electron chi connectivity index (χ4n) is 2.64. The highest BCUT2D eigenvalue weighted by molar-refractivity contribution is 6.05. The van der Waals surface area contributed by atoms with E-state index in [4.69, 9.17) is 0 Å². The van der Waals surface area contributed by atoms with Crippen molar-refractivity contribution in [3.8, 4) is 0 Å². The zero-order valence-electron chi connectivity index (χ0n) is 14.6. The van der Waals surface area contributed by atoms with Crippen LogP contribution >= 0.6 is 0 Å². The summed E-state index contributed by atoms with van der Waals surface area (Å²) >= 11 is 0. The van der Waals surface area contributed by atoms with Crippen LogP contribution in [0.2, 0.25) is 0 Å². The number of hydrogen-bond acceptors (Lipinski definition) is 5. The Morgan fingerprint density at radius 1 is 1.19 bits per heavy atom. The largest absolute Gasteiger partial charge is 0.377 e. The van der Waals surface area contributed by atoms with E-state index in [9.17, 15) is 14.9 Å². The van der Waals surface area contributed by atoms with E-state index in [0.29, 0.717) is 24.0 Å². The highest BCUT2D eigenvalue weighted by Crippen LogP contribution is 2.31. The van der Waals surface area contributed by atoms with Crippen molar-refractivity contribution in [1.29, 1.82) is 0 Å². The number of benzene rings is 2. The van der Waals surface area contributed by atoms with Crippen LogP contribution in [-0.2, 0) is 6.54 Å².